The number of rotatable bonds is 2. The minimum absolute atomic E-state index is 0.187. The highest BCUT2D eigenvalue weighted by molar-refractivity contribution is 6.32. The fourth-order valence-corrected chi connectivity index (χ4v) is 4.42. The molecule has 0 aromatic carbocycles. The zero-order chi connectivity index (χ0) is 19.6. The molecule has 1 amide bonds. The molecule has 6 nitrogen and oxygen atoms in total. The number of piperidine rings is 2. The largest absolute Gasteiger partial charge is 0.444 e. The van der Waals surface area contributed by atoms with Crippen LogP contribution in [0.4, 0.5) is 10.6 Å². The molecule has 2 fully saturated rings. The van der Waals surface area contributed by atoms with Crippen LogP contribution in [0.3, 0.4) is 0 Å². The van der Waals surface area contributed by atoms with Gasteiger partial charge in [0, 0.05) is 32.2 Å². The van der Waals surface area contributed by atoms with E-state index in [1.165, 1.54) is 0 Å². The van der Waals surface area contributed by atoms with Crippen LogP contribution in [0.15, 0.2) is 6.07 Å². The van der Waals surface area contributed by atoms with Crippen molar-refractivity contribution in [3.05, 3.63) is 16.5 Å². The molecule has 3 rings (SSSR count). The van der Waals surface area contributed by atoms with Crippen molar-refractivity contribution in [2.75, 3.05) is 31.1 Å². The predicted octanol–water partition coefficient (Wildman–Crippen LogP) is 4.65. The van der Waals surface area contributed by atoms with Crippen molar-refractivity contribution in [1.29, 1.82) is 0 Å². The number of hydrogen-bond acceptors (Lipinski definition) is 5. The van der Waals surface area contributed by atoms with Crippen molar-refractivity contribution >= 4 is 35.1 Å². The van der Waals surface area contributed by atoms with Crippen LogP contribution >= 0.6 is 23.2 Å². The van der Waals surface area contributed by atoms with E-state index >= 15 is 0 Å². The molecule has 2 aliphatic heterocycles. The third-order valence-corrected chi connectivity index (χ3v) is 5.74. The number of halogens is 2. The fourth-order valence-electron chi connectivity index (χ4n) is 4.02. The molecule has 8 heteroatoms. The summed E-state index contributed by atoms with van der Waals surface area (Å²) in [4.78, 5) is 24.5. The normalized spacial score (nSPS) is 20.0. The van der Waals surface area contributed by atoms with Gasteiger partial charge in [-0.25, -0.2) is 14.8 Å². The third-order valence-electron chi connectivity index (χ3n) is 5.38. The number of anilines is 1. The van der Waals surface area contributed by atoms with Gasteiger partial charge in [0.1, 0.15) is 16.6 Å². The number of nitrogens with zero attached hydrogens (tertiary/aromatic N) is 4. The van der Waals surface area contributed by atoms with Crippen LogP contribution in [0.2, 0.25) is 10.4 Å². The van der Waals surface area contributed by atoms with Crippen molar-refractivity contribution in [3.8, 4) is 0 Å². The maximum Gasteiger partial charge on any atom is 0.410 e. The molecule has 1 aromatic heterocycles. The van der Waals surface area contributed by atoms with E-state index in [4.69, 9.17) is 27.9 Å². The van der Waals surface area contributed by atoms with Crippen LogP contribution in [0.5, 0.6) is 0 Å². The van der Waals surface area contributed by atoms with Crippen LogP contribution in [-0.2, 0) is 4.74 Å². The average molecular weight is 415 g/mol. The highest BCUT2D eigenvalue weighted by Crippen LogP contribution is 2.34. The lowest BCUT2D eigenvalue weighted by Crippen LogP contribution is -2.44. The lowest BCUT2D eigenvalue weighted by molar-refractivity contribution is 0.0152. The van der Waals surface area contributed by atoms with Crippen LogP contribution in [0, 0.1) is 11.8 Å². The minimum Gasteiger partial charge on any atom is -0.444 e. The molecule has 0 spiro atoms. The van der Waals surface area contributed by atoms with Crippen molar-refractivity contribution in [1.82, 2.24) is 14.9 Å². The topological polar surface area (TPSA) is 58.6 Å². The Kier molecular flexibility index (Phi) is 6.36. The standard InChI is InChI=1S/C19H28Cl2N4O2/c1-19(2,3)27-18(26)25-10-6-14(7-11-25)13-4-8-24(9-5-13)16-12-15(20)22-17(21)23-16/h12-14H,4-11H2,1-3H3. The van der Waals surface area contributed by atoms with Gasteiger partial charge in [0.05, 0.1) is 0 Å². The molecule has 0 bridgehead atoms. The second-order valence-electron chi connectivity index (χ2n) is 8.45. The van der Waals surface area contributed by atoms with Gasteiger partial charge in [0.15, 0.2) is 0 Å². The summed E-state index contributed by atoms with van der Waals surface area (Å²) < 4.78 is 5.49. The SMILES string of the molecule is CC(C)(C)OC(=O)N1CCC(C2CCN(c3cc(Cl)nc(Cl)n3)CC2)CC1. The Labute approximate surface area is 171 Å². The van der Waals surface area contributed by atoms with Crippen molar-refractivity contribution in [3.63, 3.8) is 0 Å². The van der Waals surface area contributed by atoms with Gasteiger partial charge < -0.3 is 14.5 Å². The molecule has 3 heterocycles. The number of aromatic nitrogens is 2. The smallest absolute Gasteiger partial charge is 0.410 e. The van der Waals surface area contributed by atoms with Gasteiger partial charge in [0.25, 0.3) is 0 Å². The van der Waals surface area contributed by atoms with Crippen molar-refractivity contribution < 1.29 is 9.53 Å². The zero-order valence-corrected chi connectivity index (χ0v) is 17.8. The third kappa shape index (κ3) is 5.61. The van der Waals surface area contributed by atoms with E-state index < -0.39 is 5.60 Å². The molecule has 1 aromatic rings. The van der Waals surface area contributed by atoms with Gasteiger partial charge in [-0.05, 0) is 69.9 Å². The fraction of sp³-hybridized carbons (Fsp3) is 0.737. The molecule has 2 aliphatic rings. The zero-order valence-electron chi connectivity index (χ0n) is 16.3. The molecule has 27 heavy (non-hydrogen) atoms. The van der Waals surface area contributed by atoms with Crippen LogP contribution in [-0.4, -0.2) is 52.7 Å². The quantitative estimate of drug-likeness (QED) is 0.520. The number of likely N-dealkylation sites (tertiary alicyclic amines) is 1. The summed E-state index contributed by atoms with van der Waals surface area (Å²) in [6.45, 7) is 9.19. The van der Waals surface area contributed by atoms with Gasteiger partial charge in [0.2, 0.25) is 5.28 Å². The van der Waals surface area contributed by atoms with E-state index in [1.54, 1.807) is 6.07 Å². The molecular weight excluding hydrogens is 387 g/mol. The summed E-state index contributed by atoms with van der Waals surface area (Å²) >= 11 is 11.9. The number of amides is 1. The Balaban J connectivity index is 1.48. The number of carbonyl (C=O) groups excluding carboxylic acids is 1. The summed E-state index contributed by atoms with van der Waals surface area (Å²) in [6, 6.07) is 1.77. The Bertz CT molecular complexity index is 644. The van der Waals surface area contributed by atoms with Gasteiger partial charge in [-0.1, -0.05) is 11.6 Å². The maximum absolute atomic E-state index is 12.2. The van der Waals surface area contributed by atoms with Crippen LogP contribution in [0.25, 0.3) is 0 Å². The molecule has 0 N–H and O–H groups in total. The van der Waals surface area contributed by atoms with Gasteiger partial charge in [-0.15, -0.1) is 0 Å². The monoisotopic (exact) mass is 414 g/mol. The molecule has 0 aliphatic carbocycles. The van der Waals surface area contributed by atoms with Gasteiger partial charge >= 0.3 is 6.09 Å². The number of carbonyl (C=O) groups is 1. The van der Waals surface area contributed by atoms with Crippen molar-refractivity contribution in [2.24, 2.45) is 11.8 Å². The molecule has 150 valence electrons. The first-order valence-electron chi connectivity index (χ1n) is 9.64. The molecular formula is C19H28Cl2N4O2. The Morgan fingerprint density at radius 1 is 1.04 bits per heavy atom. The van der Waals surface area contributed by atoms with Crippen LogP contribution < -0.4 is 4.90 Å². The van der Waals surface area contributed by atoms with Gasteiger partial charge in [-0.3, -0.25) is 0 Å². The average Bonchev–Trinajstić information content (AvgIpc) is 2.60. The van der Waals surface area contributed by atoms with Crippen molar-refractivity contribution in [2.45, 2.75) is 52.1 Å². The summed E-state index contributed by atoms with van der Waals surface area (Å²) in [5, 5.41) is 0.566. The highest BCUT2D eigenvalue weighted by Gasteiger charge is 2.32. The minimum atomic E-state index is -0.437. The summed E-state index contributed by atoms with van der Waals surface area (Å²) in [7, 11) is 0. The van der Waals surface area contributed by atoms with Crippen LogP contribution in [0.1, 0.15) is 46.5 Å². The van der Waals surface area contributed by atoms with E-state index in [9.17, 15) is 4.79 Å². The Morgan fingerprint density at radius 3 is 2.11 bits per heavy atom. The van der Waals surface area contributed by atoms with E-state index in [1.807, 2.05) is 25.7 Å². The molecule has 0 radical (unpaired) electrons. The maximum atomic E-state index is 12.2. The summed E-state index contributed by atoms with van der Waals surface area (Å²) in [5.41, 5.74) is -0.437. The molecule has 0 atom stereocenters. The van der Waals surface area contributed by atoms with Gasteiger partial charge in [-0.2, -0.15) is 0 Å². The first kappa shape index (κ1) is 20.5. The lowest BCUT2D eigenvalue weighted by atomic mass is 9.79. The highest BCUT2D eigenvalue weighted by atomic mass is 35.5. The predicted molar refractivity (Wildman–Crippen MR) is 108 cm³/mol. The van der Waals surface area contributed by atoms with E-state index in [-0.39, 0.29) is 11.4 Å². The van der Waals surface area contributed by atoms with E-state index in [0.29, 0.717) is 17.0 Å². The summed E-state index contributed by atoms with van der Waals surface area (Å²) in [5.74, 6) is 2.16. The second kappa shape index (κ2) is 8.39. The number of ether oxygens (including phenoxy) is 1. The number of hydrogen-bond donors (Lipinski definition) is 0. The first-order valence-corrected chi connectivity index (χ1v) is 10.4. The summed E-state index contributed by atoms with van der Waals surface area (Å²) in [6.07, 6.45) is 4.16. The molecule has 0 saturated carbocycles. The Morgan fingerprint density at radius 2 is 1.59 bits per heavy atom. The van der Waals surface area contributed by atoms with E-state index in [0.717, 1.165) is 57.7 Å². The van der Waals surface area contributed by atoms with E-state index in [2.05, 4.69) is 14.9 Å². The Hall–Kier alpha value is -1.27. The lowest BCUT2D eigenvalue weighted by Gasteiger charge is -2.40. The molecule has 2 saturated heterocycles. The first-order chi connectivity index (χ1) is 12.7. The second-order valence-corrected chi connectivity index (χ2v) is 9.17. The molecule has 0 unspecified atom stereocenters.